The number of nitrogens with zero attached hydrogens (tertiary/aromatic N) is 1. The molecule has 0 radical (unpaired) electrons. The van der Waals surface area contributed by atoms with Crippen LogP contribution < -0.4 is 34.0 Å². The van der Waals surface area contributed by atoms with Crippen molar-refractivity contribution in [3.63, 3.8) is 0 Å². The molecule has 0 spiro atoms. The van der Waals surface area contributed by atoms with Crippen molar-refractivity contribution in [2.75, 3.05) is 0 Å². The third-order valence-electron chi connectivity index (χ3n) is 11.7. The van der Waals surface area contributed by atoms with Gasteiger partial charge in [-0.05, 0) is 156 Å². The number of carbonyl (C=O) groups excluding carboxylic acids is 11. The number of allylic oxidation sites excluding steroid dienone is 6. The average Bonchev–Trinajstić information content (AvgIpc) is 0.793. The molecule has 12 N–H and O–H groups in total. The van der Waals surface area contributed by atoms with Gasteiger partial charge in [-0.15, -0.1) is 0 Å². The average molecular weight is 1250 g/mol. The van der Waals surface area contributed by atoms with Gasteiger partial charge in [0.15, 0.2) is 5.60 Å². The molecule has 0 aromatic heterocycles. The Bertz CT molecular complexity index is 2700. The largest absolute Gasteiger partial charge is 0.519 e. The number of rotatable bonds is 11. The lowest BCUT2D eigenvalue weighted by atomic mass is 9.82. The Morgan fingerprint density at radius 2 is 1.29 bits per heavy atom. The normalized spacial score (nSPS) is 20.9. The fourth-order valence-electron chi connectivity index (χ4n) is 7.52. The van der Waals surface area contributed by atoms with Gasteiger partial charge < -0.3 is 72.2 Å². The molecule has 6 aliphatic rings. The van der Waals surface area contributed by atoms with Crippen molar-refractivity contribution in [1.82, 2.24) is 10.4 Å². The summed E-state index contributed by atoms with van der Waals surface area (Å²) in [6.45, 7) is 24.7. The van der Waals surface area contributed by atoms with Crippen LogP contribution in [0.1, 0.15) is 146 Å². The summed E-state index contributed by atoms with van der Waals surface area (Å²) in [5, 5.41) is 13.7. The van der Waals surface area contributed by atoms with E-state index in [1.54, 1.807) is 92.7 Å². The second kappa shape index (κ2) is 38.9. The van der Waals surface area contributed by atoms with Crippen molar-refractivity contribution in [1.29, 1.82) is 0 Å². The molecule has 2 fully saturated rings. The van der Waals surface area contributed by atoms with Gasteiger partial charge in [0.25, 0.3) is 5.91 Å². The Morgan fingerprint density at radius 3 is 1.70 bits per heavy atom. The van der Waals surface area contributed by atoms with Gasteiger partial charge in [-0.1, -0.05) is 79.9 Å². The molecular formula is C62H91N7O20. The van der Waals surface area contributed by atoms with Crippen LogP contribution >= 0.6 is 0 Å². The van der Waals surface area contributed by atoms with Gasteiger partial charge in [-0.3, -0.25) is 33.6 Å². The predicted octanol–water partition coefficient (Wildman–Crippen LogP) is 7.08. The molecule has 1 aromatic rings. The Morgan fingerprint density at radius 1 is 0.730 bits per heavy atom. The number of primary amides is 5. The monoisotopic (exact) mass is 1250 g/mol. The number of benzene rings is 1. The van der Waals surface area contributed by atoms with E-state index in [0.29, 0.717) is 32.1 Å². The Kier molecular flexibility index (Phi) is 34.9. The molecule has 89 heavy (non-hydrogen) atoms. The first-order valence-corrected chi connectivity index (χ1v) is 28.2. The fraction of sp³-hybridized carbons (Fsp3) is 0.500. The first kappa shape index (κ1) is 79.9. The number of hydroxylamine groups is 2. The van der Waals surface area contributed by atoms with Gasteiger partial charge in [0.2, 0.25) is 23.6 Å². The maximum absolute atomic E-state index is 12.1. The molecule has 2 aliphatic heterocycles. The molecule has 2 heterocycles. The first-order valence-electron chi connectivity index (χ1n) is 28.2. The molecule has 2 bridgehead atoms. The van der Waals surface area contributed by atoms with E-state index in [-0.39, 0.29) is 55.3 Å². The lowest BCUT2D eigenvalue weighted by Gasteiger charge is -2.45. The van der Waals surface area contributed by atoms with Crippen molar-refractivity contribution in [3.05, 3.63) is 122 Å². The summed E-state index contributed by atoms with van der Waals surface area (Å²) >= 11 is 0. The third kappa shape index (κ3) is 36.0. The molecule has 4 atom stereocenters. The molecule has 4 unspecified atom stereocenters. The van der Waals surface area contributed by atoms with Crippen molar-refractivity contribution < 1.29 is 95.8 Å². The maximum Gasteiger partial charge on any atom is 0.519 e. The molecule has 1 saturated carbocycles. The topological polar surface area (TPSA) is 427 Å². The zero-order chi connectivity index (χ0) is 68.3. The number of hydrogen-bond donors (Lipinski definition) is 7. The number of ether oxygens (including phenoxy) is 7. The van der Waals surface area contributed by atoms with Crippen LogP contribution in [0.25, 0.3) is 0 Å². The second-order valence-corrected chi connectivity index (χ2v) is 22.9. The van der Waals surface area contributed by atoms with E-state index in [9.17, 15) is 57.8 Å². The molecular weight excluding hydrogens is 1160 g/mol. The van der Waals surface area contributed by atoms with Crippen LogP contribution in [0.5, 0.6) is 0 Å². The van der Waals surface area contributed by atoms with Gasteiger partial charge >= 0.3 is 36.4 Å². The van der Waals surface area contributed by atoms with Gasteiger partial charge in [-0.25, -0.2) is 24.0 Å². The Balaban J connectivity index is 0.00000105. The van der Waals surface area contributed by atoms with Crippen molar-refractivity contribution in [3.8, 4) is 0 Å². The number of amides is 7. The standard InChI is InChI=1S/C15H16N2O4.C12H22N2O4.C10H18O5.C9H13NO3.C7H9NO.C6H8O2.C3H5NO/c16-13(18)15-8-6-12(7-9-15)17(21-15)14(19)20-10-11-4-2-1-3-5-11;1-11(2,3)18-10(16)14-8-4-6-12(17,7-5-8)9(13)15;1-9(2,3)14-7(11)13-8(12)15-10(4,5)6;1-6(11)13-8-5-3-2-4-7(8)9(10)12;8-7(9)6-4-2-1-3-5-6;1-3-4-5-8-6(2)7;1-2-3(4)5/h1-6,8,12H,7,9-10H2,(H2,16,18);8,17H,4-7H2,1-3H3,(H2,13,15)(H,14,16);1-6H3;3,5,7-8H,2,4H2,1H3,(H2,10,12);1-2,4H,3,5H2,(H2,8,9);3-5H,1H2,2H3;2H,1H2,(H2,4,5)/b;;;;;5-4+;. The van der Waals surface area contributed by atoms with Crippen LogP contribution in [-0.4, -0.2) is 122 Å². The smallest absolute Gasteiger partial charge is 0.457 e. The van der Waals surface area contributed by atoms with Crippen molar-refractivity contribution in [2.45, 2.75) is 193 Å². The zero-order valence-corrected chi connectivity index (χ0v) is 52.8. The van der Waals surface area contributed by atoms with Crippen LogP contribution in [0.3, 0.4) is 0 Å². The zero-order valence-electron chi connectivity index (χ0n) is 52.8. The summed E-state index contributed by atoms with van der Waals surface area (Å²) in [4.78, 5) is 125. The van der Waals surface area contributed by atoms with Gasteiger partial charge in [0.05, 0.1) is 18.2 Å². The van der Waals surface area contributed by atoms with E-state index < -0.39 is 82.2 Å². The molecule has 1 saturated heterocycles. The highest BCUT2D eigenvalue weighted by Crippen LogP contribution is 2.36. The number of nitrogens with one attached hydrogen (secondary N) is 1. The first-order chi connectivity index (χ1) is 41.2. The summed E-state index contributed by atoms with van der Waals surface area (Å²) in [7, 11) is 0. The number of aliphatic hydroxyl groups is 1. The summed E-state index contributed by atoms with van der Waals surface area (Å²) in [5.41, 5.74) is 22.3. The number of hydrogen-bond acceptors (Lipinski definition) is 20. The fourth-order valence-corrected chi connectivity index (χ4v) is 7.52. The quantitative estimate of drug-likeness (QED) is 0.0221. The van der Waals surface area contributed by atoms with Crippen molar-refractivity contribution in [2.24, 2.45) is 34.6 Å². The van der Waals surface area contributed by atoms with E-state index in [2.05, 4.69) is 33.7 Å². The molecule has 7 rings (SSSR count). The summed E-state index contributed by atoms with van der Waals surface area (Å²) in [5.74, 6) is -3.55. The minimum atomic E-state index is -1.42. The summed E-state index contributed by atoms with van der Waals surface area (Å²) in [6, 6.07) is 9.05. The number of alkyl carbamates (subject to hydrolysis) is 1. The molecule has 27 heteroatoms. The van der Waals surface area contributed by atoms with Gasteiger partial charge in [0.1, 0.15) is 35.1 Å². The molecule has 494 valence electrons. The molecule has 7 amide bonds. The Hall–Kier alpha value is -9.11. The highest BCUT2D eigenvalue weighted by Gasteiger charge is 2.49. The summed E-state index contributed by atoms with van der Waals surface area (Å²) in [6.07, 6.45) is 20.3. The van der Waals surface area contributed by atoms with E-state index in [1.807, 2.05) is 48.6 Å². The van der Waals surface area contributed by atoms with E-state index in [1.165, 1.54) is 26.2 Å². The predicted molar refractivity (Wildman–Crippen MR) is 326 cm³/mol. The van der Waals surface area contributed by atoms with Crippen LogP contribution in [0.15, 0.2) is 116 Å². The van der Waals surface area contributed by atoms with Crippen LogP contribution in [0.4, 0.5) is 19.2 Å². The number of carbonyl (C=O) groups is 11. The highest BCUT2D eigenvalue weighted by atomic mass is 16.8. The van der Waals surface area contributed by atoms with Crippen LogP contribution in [0, 0.1) is 5.92 Å². The van der Waals surface area contributed by atoms with Crippen LogP contribution in [-0.2, 0) is 78.2 Å². The van der Waals surface area contributed by atoms with E-state index >= 15 is 0 Å². The third-order valence-corrected chi connectivity index (χ3v) is 11.7. The maximum atomic E-state index is 12.1. The van der Waals surface area contributed by atoms with E-state index in [0.717, 1.165) is 41.5 Å². The Labute approximate surface area is 519 Å². The minimum absolute atomic E-state index is 0.0838. The molecule has 1 aromatic carbocycles. The minimum Gasteiger partial charge on any atom is -0.457 e. The SMILES string of the molecule is C=C/C=C/OC(C)=O.C=CC(N)=O.CC(=O)OC1C=CCCC1C(N)=O.CC(C)(C)OC(=O)NC1CCC(O)(C(N)=O)CC1.CC(C)(C)OC(=O)OC(=O)OC(C)(C)C.NC(=O)C12C=CC(CC1)N(C(=O)OCc1ccccc1)O2.NC(=O)C1=CC=CCC1. The second-order valence-electron chi connectivity index (χ2n) is 22.9. The van der Waals surface area contributed by atoms with Gasteiger partial charge in [0, 0.05) is 25.5 Å². The lowest BCUT2D eigenvalue weighted by molar-refractivity contribution is -0.247. The highest BCUT2D eigenvalue weighted by molar-refractivity contribution is 5.92. The van der Waals surface area contributed by atoms with Crippen LogP contribution in [0.2, 0.25) is 0 Å². The lowest BCUT2D eigenvalue weighted by Crippen LogP contribution is -2.60. The number of esters is 2. The molecule has 27 nitrogen and oxygen atoms in total. The number of nitrogens with two attached hydrogens (primary N) is 5. The van der Waals surface area contributed by atoms with E-state index in [4.69, 9.17) is 51.5 Å². The van der Waals surface area contributed by atoms with Crippen molar-refractivity contribution >= 4 is 66.0 Å². The van der Waals surface area contributed by atoms with Gasteiger partial charge in [-0.2, -0.15) is 5.06 Å². The summed E-state index contributed by atoms with van der Waals surface area (Å²) < 4.78 is 33.5. The molecule has 4 aliphatic carbocycles. The number of fused-ring (bicyclic) bond motifs is 2.